The highest BCUT2D eigenvalue weighted by molar-refractivity contribution is 5.80. The number of carbonyl (C=O) groups excluding carboxylic acids is 1. The van der Waals surface area contributed by atoms with Crippen LogP contribution in [-0.4, -0.2) is 17.6 Å². The summed E-state index contributed by atoms with van der Waals surface area (Å²) >= 11 is 0. The summed E-state index contributed by atoms with van der Waals surface area (Å²) in [6.45, 7) is 1.93. The molecule has 0 saturated heterocycles. The van der Waals surface area contributed by atoms with Crippen molar-refractivity contribution in [3.63, 3.8) is 0 Å². The Kier molecular flexibility index (Phi) is 3.11. The van der Waals surface area contributed by atoms with Crippen LogP contribution in [0.1, 0.15) is 26.7 Å². The third kappa shape index (κ3) is 2.73. The number of alkyl halides is 3. The molecule has 1 amide bonds. The highest BCUT2D eigenvalue weighted by atomic mass is 19.4. The fraction of sp³-hybridized carbons (Fsp3) is 0.700. The molecule has 0 aromatic carbocycles. The van der Waals surface area contributed by atoms with Gasteiger partial charge in [-0.2, -0.15) is 13.2 Å². The highest BCUT2D eigenvalue weighted by Crippen LogP contribution is 2.30. The first-order valence-corrected chi connectivity index (χ1v) is 4.78. The molecule has 0 aromatic heterocycles. The molecule has 1 N–H and O–H groups in total. The number of rotatable bonds is 2. The summed E-state index contributed by atoms with van der Waals surface area (Å²) < 4.78 is 37.4. The molecular weight excluding hydrogens is 207 g/mol. The summed E-state index contributed by atoms with van der Waals surface area (Å²) in [6, 6.07) is 0. The Hall–Kier alpha value is -1.00. The topological polar surface area (TPSA) is 29.1 Å². The third-order valence-electron chi connectivity index (χ3n) is 2.52. The number of halogens is 3. The van der Waals surface area contributed by atoms with E-state index in [4.69, 9.17) is 0 Å². The Morgan fingerprint density at radius 2 is 1.73 bits per heavy atom. The summed E-state index contributed by atoms with van der Waals surface area (Å²) in [7, 11) is 0. The zero-order chi connectivity index (χ0) is 11.7. The van der Waals surface area contributed by atoms with Crippen LogP contribution in [0.3, 0.4) is 0 Å². The smallest absolute Gasteiger partial charge is 0.342 e. The molecule has 2 nitrogen and oxygen atoms in total. The fourth-order valence-electron chi connectivity index (χ4n) is 1.31. The first-order chi connectivity index (χ1) is 6.74. The lowest BCUT2D eigenvalue weighted by Crippen LogP contribution is -2.55. The van der Waals surface area contributed by atoms with Gasteiger partial charge in [-0.25, -0.2) is 0 Å². The molecule has 0 heterocycles. The number of nitrogens with one attached hydrogen (secondary N) is 1. The van der Waals surface area contributed by atoms with Crippen LogP contribution in [0, 0.1) is 5.92 Å². The maximum Gasteiger partial charge on any atom is 0.410 e. The van der Waals surface area contributed by atoms with Gasteiger partial charge in [-0.1, -0.05) is 12.2 Å². The standard InChI is InChI=1S/C10H14F3NO/c1-9(2,10(11,12)13)14-8(15)7-5-3-4-6-7/h3-4,7H,5-6H2,1-2H3,(H,14,15). The molecule has 0 fully saturated rings. The van der Waals surface area contributed by atoms with E-state index in [0.29, 0.717) is 12.8 Å². The lowest BCUT2D eigenvalue weighted by Gasteiger charge is -2.30. The molecule has 0 saturated carbocycles. The number of allylic oxidation sites excluding steroid dienone is 2. The van der Waals surface area contributed by atoms with Gasteiger partial charge in [-0.15, -0.1) is 0 Å². The van der Waals surface area contributed by atoms with Gasteiger partial charge in [0.25, 0.3) is 0 Å². The van der Waals surface area contributed by atoms with Crippen molar-refractivity contribution in [2.75, 3.05) is 0 Å². The van der Waals surface area contributed by atoms with Gasteiger partial charge in [-0.3, -0.25) is 4.79 Å². The van der Waals surface area contributed by atoms with Crippen molar-refractivity contribution in [2.45, 2.75) is 38.4 Å². The SMILES string of the molecule is CC(C)(NC(=O)C1CC=CC1)C(F)(F)F. The Morgan fingerprint density at radius 3 is 2.13 bits per heavy atom. The molecule has 1 aliphatic carbocycles. The van der Waals surface area contributed by atoms with Crippen LogP contribution in [0.2, 0.25) is 0 Å². The maximum absolute atomic E-state index is 12.5. The van der Waals surface area contributed by atoms with E-state index in [1.165, 1.54) is 0 Å². The number of amides is 1. The zero-order valence-electron chi connectivity index (χ0n) is 8.69. The van der Waals surface area contributed by atoms with Crippen LogP contribution in [0.25, 0.3) is 0 Å². The monoisotopic (exact) mass is 221 g/mol. The van der Waals surface area contributed by atoms with Crippen LogP contribution in [0.4, 0.5) is 13.2 Å². The molecule has 1 aliphatic rings. The van der Waals surface area contributed by atoms with Crippen LogP contribution in [-0.2, 0) is 4.79 Å². The van der Waals surface area contributed by atoms with Gasteiger partial charge in [0, 0.05) is 5.92 Å². The minimum Gasteiger partial charge on any atom is -0.342 e. The molecule has 0 atom stereocenters. The second kappa shape index (κ2) is 3.87. The molecular formula is C10H14F3NO. The van der Waals surface area contributed by atoms with Gasteiger partial charge in [0.1, 0.15) is 5.54 Å². The van der Waals surface area contributed by atoms with Crippen LogP contribution in [0.5, 0.6) is 0 Å². The van der Waals surface area contributed by atoms with E-state index in [9.17, 15) is 18.0 Å². The van der Waals surface area contributed by atoms with Crippen molar-refractivity contribution in [1.29, 1.82) is 0 Å². The normalized spacial score (nSPS) is 18.2. The second-order valence-electron chi connectivity index (χ2n) is 4.25. The van der Waals surface area contributed by atoms with Crippen molar-refractivity contribution in [3.8, 4) is 0 Å². The fourth-order valence-corrected chi connectivity index (χ4v) is 1.31. The molecule has 5 heteroatoms. The lowest BCUT2D eigenvalue weighted by atomic mass is 10.0. The van der Waals surface area contributed by atoms with Crippen molar-refractivity contribution < 1.29 is 18.0 Å². The maximum atomic E-state index is 12.5. The number of hydrogen-bond acceptors (Lipinski definition) is 1. The number of hydrogen-bond donors (Lipinski definition) is 1. The van der Waals surface area contributed by atoms with E-state index in [1.807, 2.05) is 17.5 Å². The number of carbonyl (C=O) groups is 1. The van der Waals surface area contributed by atoms with E-state index in [-0.39, 0.29) is 5.92 Å². The van der Waals surface area contributed by atoms with Gasteiger partial charge >= 0.3 is 6.18 Å². The second-order valence-corrected chi connectivity index (χ2v) is 4.25. The molecule has 0 spiro atoms. The molecule has 86 valence electrons. The highest BCUT2D eigenvalue weighted by Gasteiger charge is 2.48. The van der Waals surface area contributed by atoms with Crippen LogP contribution < -0.4 is 5.32 Å². The third-order valence-corrected chi connectivity index (χ3v) is 2.52. The minimum absolute atomic E-state index is 0.341. The largest absolute Gasteiger partial charge is 0.410 e. The van der Waals surface area contributed by atoms with E-state index < -0.39 is 17.6 Å². The lowest BCUT2D eigenvalue weighted by molar-refractivity contribution is -0.189. The van der Waals surface area contributed by atoms with E-state index in [1.54, 1.807) is 0 Å². The average molecular weight is 221 g/mol. The molecule has 0 aliphatic heterocycles. The summed E-state index contributed by atoms with van der Waals surface area (Å²) in [6.07, 6.45) is 0.254. The summed E-state index contributed by atoms with van der Waals surface area (Å²) in [4.78, 5) is 11.5. The van der Waals surface area contributed by atoms with Crippen LogP contribution >= 0.6 is 0 Å². The Morgan fingerprint density at radius 1 is 1.27 bits per heavy atom. The molecule has 0 unspecified atom stereocenters. The summed E-state index contributed by atoms with van der Waals surface area (Å²) in [5, 5.41) is 2.03. The molecule has 15 heavy (non-hydrogen) atoms. The van der Waals surface area contributed by atoms with E-state index in [2.05, 4.69) is 0 Å². The van der Waals surface area contributed by atoms with Gasteiger partial charge in [0.15, 0.2) is 0 Å². The average Bonchev–Trinajstić information content (AvgIpc) is 2.51. The Bertz CT molecular complexity index is 273. The predicted molar refractivity (Wildman–Crippen MR) is 50.1 cm³/mol. The molecule has 0 radical (unpaired) electrons. The Balaban J connectivity index is 2.57. The van der Waals surface area contributed by atoms with Gasteiger partial charge in [0.2, 0.25) is 5.91 Å². The predicted octanol–water partition coefficient (Wildman–Crippen LogP) is 2.41. The van der Waals surface area contributed by atoms with Gasteiger partial charge in [-0.05, 0) is 26.7 Å². The Labute approximate surface area is 86.5 Å². The first-order valence-electron chi connectivity index (χ1n) is 4.78. The van der Waals surface area contributed by atoms with Gasteiger partial charge in [0.05, 0.1) is 0 Å². The van der Waals surface area contributed by atoms with Crippen molar-refractivity contribution in [1.82, 2.24) is 5.32 Å². The molecule has 0 bridgehead atoms. The van der Waals surface area contributed by atoms with Crippen LogP contribution in [0.15, 0.2) is 12.2 Å². The summed E-state index contributed by atoms with van der Waals surface area (Å²) in [5.41, 5.74) is -2.16. The minimum atomic E-state index is -4.42. The van der Waals surface area contributed by atoms with Gasteiger partial charge < -0.3 is 5.32 Å². The van der Waals surface area contributed by atoms with Crippen molar-refractivity contribution in [2.24, 2.45) is 5.92 Å². The van der Waals surface area contributed by atoms with E-state index >= 15 is 0 Å². The molecule has 1 rings (SSSR count). The first kappa shape index (κ1) is 12.1. The summed E-state index contributed by atoms with van der Waals surface area (Å²) in [5.74, 6) is -0.867. The molecule has 0 aromatic rings. The van der Waals surface area contributed by atoms with Crippen molar-refractivity contribution in [3.05, 3.63) is 12.2 Å². The quantitative estimate of drug-likeness (QED) is 0.713. The zero-order valence-corrected chi connectivity index (χ0v) is 8.69. The van der Waals surface area contributed by atoms with E-state index in [0.717, 1.165) is 13.8 Å². The van der Waals surface area contributed by atoms with Crippen molar-refractivity contribution >= 4 is 5.91 Å².